The number of anilines is 3. The largest absolute Gasteiger partial charge is 0.309 e. The van der Waals surface area contributed by atoms with Crippen molar-refractivity contribution in [1.29, 1.82) is 0 Å². The molecule has 1 nitrogen and oxygen atoms in total. The molecule has 0 heterocycles. The van der Waals surface area contributed by atoms with E-state index in [4.69, 9.17) is 0 Å². The van der Waals surface area contributed by atoms with Crippen molar-refractivity contribution < 1.29 is 0 Å². The van der Waals surface area contributed by atoms with Crippen molar-refractivity contribution in [2.24, 2.45) is 0 Å². The quantitative estimate of drug-likeness (QED) is 0.152. The van der Waals surface area contributed by atoms with E-state index in [0.29, 0.717) is 0 Å². The molecule has 12 rings (SSSR count). The van der Waals surface area contributed by atoms with Crippen LogP contribution in [0.3, 0.4) is 0 Å². The van der Waals surface area contributed by atoms with Gasteiger partial charge in [-0.05, 0) is 124 Å². The molecule has 0 spiro atoms. The van der Waals surface area contributed by atoms with Gasteiger partial charge in [0.1, 0.15) is 0 Å². The van der Waals surface area contributed by atoms with E-state index in [0.717, 1.165) is 17.1 Å². The van der Waals surface area contributed by atoms with Gasteiger partial charge in [-0.25, -0.2) is 0 Å². The van der Waals surface area contributed by atoms with E-state index >= 15 is 0 Å². The number of hydrogen-bond acceptors (Lipinski definition) is 1. The first kappa shape index (κ1) is 36.1. The van der Waals surface area contributed by atoms with Crippen LogP contribution in [0.15, 0.2) is 224 Å². The molecule has 1 aliphatic rings. The van der Waals surface area contributed by atoms with Crippen molar-refractivity contribution >= 4 is 60.2 Å². The van der Waals surface area contributed by atoms with Gasteiger partial charge in [0.25, 0.3) is 0 Å². The van der Waals surface area contributed by atoms with Gasteiger partial charge in [0.15, 0.2) is 0 Å². The van der Waals surface area contributed by atoms with Crippen LogP contribution in [0, 0.1) is 0 Å². The van der Waals surface area contributed by atoms with Crippen LogP contribution >= 0.6 is 0 Å². The molecule has 0 saturated heterocycles. The maximum atomic E-state index is 2.55. The molecule has 0 fully saturated rings. The highest BCUT2D eigenvalue weighted by molar-refractivity contribution is 6.17. The smallest absolute Gasteiger partial charge is 0.0546 e. The third-order valence-electron chi connectivity index (χ3n) is 13.4. The second-order valence-electron chi connectivity index (χ2n) is 17.2. The number of rotatable bonds is 6. The summed E-state index contributed by atoms with van der Waals surface area (Å²) >= 11 is 0. The Morgan fingerprint density at radius 2 is 0.887 bits per heavy atom. The molecule has 0 unspecified atom stereocenters. The van der Waals surface area contributed by atoms with E-state index in [2.05, 4.69) is 243 Å². The zero-order chi connectivity index (χ0) is 41.4. The summed E-state index contributed by atoms with van der Waals surface area (Å²) < 4.78 is 0. The molecule has 0 aromatic heterocycles. The second kappa shape index (κ2) is 14.2. The number of fused-ring (bicyclic) bond motifs is 8. The number of benzene rings is 11. The number of hydrogen-bond donors (Lipinski definition) is 0. The normalized spacial score (nSPS) is 12.8. The monoisotopic (exact) mass is 789 g/mol. The van der Waals surface area contributed by atoms with Crippen LogP contribution in [0.2, 0.25) is 0 Å². The lowest BCUT2D eigenvalue weighted by Gasteiger charge is -2.32. The van der Waals surface area contributed by atoms with Crippen molar-refractivity contribution in [2.45, 2.75) is 19.3 Å². The van der Waals surface area contributed by atoms with E-state index in [1.54, 1.807) is 0 Å². The van der Waals surface area contributed by atoms with E-state index < -0.39 is 0 Å². The van der Waals surface area contributed by atoms with E-state index in [1.165, 1.54) is 98.7 Å². The van der Waals surface area contributed by atoms with Crippen LogP contribution in [0.5, 0.6) is 0 Å². The molecule has 0 amide bonds. The minimum atomic E-state index is -0.173. The minimum Gasteiger partial charge on any atom is -0.309 e. The molecule has 11 aromatic rings. The molecule has 1 heteroatoms. The zero-order valence-corrected chi connectivity index (χ0v) is 34.8. The average Bonchev–Trinajstić information content (AvgIpc) is 3.56. The van der Waals surface area contributed by atoms with Crippen LogP contribution in [0.1, 0.15) is 25.0 Å². The fraction of sp³-hybridized carbons (Fsp3) is 0.0492. The molecule has 11 aromatic carbocycles. The maximum absolute atomic E-state index is 2.55. The van der Waals surface area contributed by atoms with Crippen molar-refractivity contribution in [3.63, 3.8) is 0 Å². The molecule has 0 atom stereocenters. The Kier molecular flexibility index (Phi) is 8.27. The maximum Gasteiger partial charge on any atom is 0.0546 e. The molecule has 0 radical (unpaired) electrons. The van der Waals surface area contributed by atoms with Gasteiger partial charge in [0.2, 0.25) is 0 Å². The predicted octanol–water partition coefficient (Wildman–Crippen LogP) is 17.1. The number of nitrogens with zero attached hydrogens (tertiary/aromatic N) is 1. The summed E-state index contributed by atoms with van der Waals surface area (Å²) in [5, 5.41) is 9.88. The second-order valence-corrected chi connectivity index (χ2v) is 17.2. The van der Waals surface area contributed by atoms with Crippen molar-refractivity contribution in [3.8, 4) is 44.5 Å². The molecule has 0 saturated carbocycles. The molecule has 0 bridgehead atoms. The Bertz CT molecular complexity index is 3570. The lowest BCUT2D eigenvalue weighted by molar-refractivity contribution is 0.660. The summed E-state index contributed by atoms with van der Waals surface area (Å²) in [4.78, 5) is 2.55. The predicted molar refractivity (Wildman–Crippen MR) is 265 cm³/mol. The molecule has 62 heavy (non-hydrogen) atoms. The first-order chi connectivity index (χ1) is 30.5. The van der Waals surface area contributed by atoms with Gasteiger partial charge in [0.05, 0.1) is 11.4 Å². The Morgan fingerprint density at radius 1 is 0.306 bits per heavy atom. The minimum absolute atomic E-state index is 0.173. The zero-order valence-electron chi connectivity index (χ0n) is 34.8. The van der Waals surface area contributed by atoms with Crippen molar-refractivity contribution in [1.82, 2.24) is 0 Å². The van der Waals surface area contributed by atoms with Gasteiger partial charge in [-0.2, -0.15) is 0 Å². The first-order valence-corrected chi connectivity index (χ1v) is 21.7. The van der Waals surface area contributed by atoms with Crippen LogP contribution < -0.4 is 4.90 Å². The van der Waals surface area contributed by atoms with Gasteiger partial charge in [-0.15, -0.1) is 0 Å². The van der Waals surface area contributed by atoms with E-state index in [-0.39, 0.29) is 5.41 Å². The van der Waals surface area contributed by atoms with E-state index in [1.807, 2.05) is 0 Å². The first-order valence-electron chi connectivity index (χ1n) is 21.7. The third-order valence-corrected chi connectivity index (χ3v) is 13.4. The van der Waals surface area contributed by atoms with E-state index in [9.17, 15) is 0 Å². The van der Waals surface area contributed by atoms with Crippen LogP contribution in [-0.4, -0.2) is 0 Å². The standard InChI is InChI=1S/C61H43N/c1-61(2)56-30-13-11-27-52(56)53-36-35-45(39-57(53)61)62(58-31-14-12-24-48(58)44-34-33-40-17-3-4-19-42(40)37-44)59-32-16-29-54(50-28-15-21-41-18-5-7-22-46(41)50)60(59)55-38-43-20-6-8-23-47(43)49-25-9-10-26-51(49)55/h3-39H,1-2H3. The highest BCUT2D eigenvalue weighted by atomic mass is 15.1. The average molecular weight is 790 g/mol. The molecule has 292 valence electrons. The molecule has 1 aliphatic carbocycles. The lowest BCUT2D eigenvalue weighted by atomic mass is 9.82. The Labute approximate surface area is 362 Å². The van der Waals surface area contributed by atoms with Crippen molar-refractivity contribution in [2.75, 3.05) is 4.90 Å². The summed E-state index contributed by atoms with van der Waals surface area (Å²) in [6, 6.07) is 83.4. The summed E-state index contributed by atoms with van der Waals surface area (Å²) in [5.74, 6) is 0. The lowest BCUT2D eigenvalue weighted by Crippen LogP contribution is -2.17. The van der Waals surface area contributed by atoms with Gasteiger partial charge >= 0.3 is 0 Å². The van der Waals surface area contributed by atoms with Crippen LogP contribution in [0.4, 0.5) is 17.1 Å². The summed E-state index contributed by atoms with van der Waals surface area (Å²) in [6.07, 6.45) is 0. The van der Waals surface area contributed by atoms with Gasteiger partial charge < -0.3 is 4.90 Å². The van der Waals surface area contributed by atoms with Crippen molar-refractivity contribution in [3.05, 3.63) is 236 Å². The molecule has 0 aliphatic heterocycles. The molecular weight excluding hydrogens is 747 g/mol. The number of para-hydroxylation sites is 1. The van der Waals surface area contributed by atoms with Crippen LogP contribution in [0.25, 0.3) is 87.6 Å². The topological polar surface area (TPSA) is 3.24 Å². The van der Waals surface area contributed by atoms with Crippen LogP contribution in [-0.2, 0) is 5.41 Å². The molecular formula is C61H43N. The summed E-state index contributed by atoms with van der Waals surface area (Å²) in [5.41, 5.74) is 15.7. The highest BCUT2D eigenvalue weighted by Crippen LogP contribution is 2.54. The fourth-order valence-corrected chi connectivity index (χ4v) is 10.5. The SMILES string of the molecule is CC1(C)c2ccccc2-c2ccc(N(c3ccccc3-c3ccc4ccccc4c3)c3cccc(-c4cccc5ccccc45)c3-c3cc4ccccc4c4ccccc34)cc21. The Hall–Kier alpha value is -7.74. The fourth-order valence-electron chi connectivity index (χ4n) is 10.5. The van der Waals surface area contributed by atoms with Gasteiger partial charge in [-0.1, -0.05) is 202 Å². The highest BCUT2D eigenvalue weighted by Gasteiger charge is 2.36. The molecule has 0 N–H and O–H groups in total. The van der Waals surface area contributed by atoms with Gasteiger partial charge in [0, 0.05) is 22.2 Å². The third kappa shape index (κ3) is 5.62. The Balaban J connectivity index is 1.21. The van der Waals surface area contributed by atoms with Gasteiger partial charge in [-0.3, -0.25) is 0 Å². The summed E-state index contributed by atoms with van der Waals surface area (Å²) in [7, 11) is 0. The summed E-state index contributed by atoms with van der Waals surface area (Å²) in [6.45, 7) is 4.76. The Morgan fingerprint density at radius 3 is 1.74 bits per heavy atom.